The molecule has 0 aromatic heterocycles. The molecule has 18 heavy (non-hydrogen) atoms. The zero-order valence-corrected chi connectivity index (χ0v) is 12.7. The summed E-state index contributed by atoms with van der Waals surface area (Å²) in [5.74, 6) is 0. The van der Waals surface area contributed by atoms with Crippen LogP contribution >= 0.6 is 0 Å². The summed E-state index contributed by atoms with van der Waals surface area (Å²) in [6, 6.07) is 0. The van der Waals surface area contributed by atoms with E-state index in [-0.39, 0.29) is 0 Å². The van der Waals surface area contributed by atoms with Gasteiger partial charge in [0.1, 0.15) is 0 Å². The molecule has 4 heteroatoms. The minimum atomic E-state index is -0.580. The largest absolute Gasteiger partial charge is 0.389 e. The number of piperazine rings is 1. The first kappa shape index (κ1) is 15.9. The molecule has 0 aliphatic carbocycles. The van der Waals surface area contributed by atoms with Crippen LogP contribution in [0.25, 0.3) is 0 Å². The van der Waals surface area contributed by atoms with Crippen LogP contribution < -0.4 is 0 Å². The Hall–Kier alpha value is -0.160. The maximum absolute atomic E-state index is 9.84. The second-order valence-electron chi connectivity index (χ2n) is 6.18. The van der Waals surface area contributed by atoms with Crippen molar-refractivity contribution in [2.45, 2.75) is 32.8 Å². The lowest BCUT2D eigenvalue weighted by molar-refractivity contribution is 0.0361. The predicted molar refractivity (Wildman–Crippen MR) is 77.0 cm³/mol. The summed E-state index contributed by atoms with van der Waals surface area (Å²) < 4.78 is 0. The van der Waals surface area contributed by atoms with Gasteiger partial charge in [-0.2, -0.15) is 0 Å². The van der Waals surface area contributed by atoms with Crippen LogP contribution in [0.3, 0.4) is 0 Å². The third-order valence-corrected chi connectivity index (χ3v) is 3.60. The Bertz CT molecular complexity index is 220. The summed E-state index contributed by atoms with van der Waals surface area (Å²) in [5, 5.41) is 9.84. The molecular weight excluding hydrogens is 226 g/mol. The number of rotatable bonds is 7. The molecular formula is C14H31N3O. The summed E-state index contributed by atoms with van der Waals surface area (Å²) in [6.45, 7) is 14.8. The normalized spacial score (nSPS) is 19.7. The molecule has 0 saturated carbocycles. The van der Waals surface area contributed by atoms with Gasteiger partial charge in [0, 0.05) is 32.7 Å². The first-order valence-corrected chi connectivity index (χ1v) is 7.26. The quantitative estimate of drug-likeness (QED) is 0.728. The van der Waals surface area contributed by atoms with Crippen molar-refractivity contribution in [2.75, 3.05) is 59.4 Å². The minimum absolute atomic E-state index is 0.580. The highest BCUT2D eigenvalue weighted by atomic mass is 16.3. The van der Waals surface area contributed by atoms with Crippen LogP contribution in [0.2, 0.25) is 0 Å². The summed E-state index contributed by atoms with van der Waals surface area (Å²) in [4.78, 5) is 7.29. The van der Waals surface area contributed by atoms with Crippen molar-refractivity contribution in [3.05, 3.63) is 0 Å². The van der Waals surface area contributed by atoms with Crippen molar-refractivity contribution in [1.29, 1.82) is 0 Å². The van der Waals surface area contributed by atoms with Gasteiger partial charge in [0.2, 0.25) is 0 Å². The van der Waals surface area contributed by atoms with Crippen LogP contribution in [-0.2, 0) is 0 Å². The molecule has 0 bridgehead atoms. The topological polar surface area (TPSA) is 30.0 Å². The smallest absolute Gasteiger partial charge is 0.0718 e. The molecule has 1 saturated heterocycles. The van der Waals surface area contributed by atoms with Gasteiger partial charge in [-0.05, 0) is 47.0 Å². The molecule has 1 rings (SSSR count). The lowest BCUT2D eigenvalue weighted by Gasteiger charge is -2.33. The van der Waals surface area contributed by atoms with Gasteiger partial charge in [0.15, 0.2) is 0 Å². The molecule has 0 aromatic rings. The number of nitrogens with zero attached hydrogens (tertiary/aromatic N) is 3. The summed E-state index contributed by atoms with van der Waals surface area (Å²) >= 11 is 0. The highest BCUT2D eigenvalue weighted by Crippen LogP contribution is 2.06. The van der Waals surface area contributed by atoms with Crippen LogP contribution in [0.15, 0.2) is 0 Å². The van der Waals surface area contributed by atoms with E-state index in [1.165, 1.54) is 39.1 Å². The van der Waals surface area contributed by atoms with E-state index < -0.39 is 5.60 Å². The van der Waals surface area contributed by atoms with E-state index in [0.29, 0.717) is 0 Å². The van der Waals surface area contributed by atoms with Gasteiger partial charge in [-0.25, -0.2) is 0 Å². The van der Waals surface area contributed by atoms with Gasteiger partial charge < -0.3 is 19.8 Å². The number of aliphatic hydroxyl groups is 1. The molecule has 1 fully saturated rings. The molecule has 0 unspecified atom stereocenters. The van der Waals surface area contributed by atoms with Crippen molar-refractivity contribution in [1.82, 2.24) is 14.7 Å². The molecule has 0 aromatic carbocycles. The van der Waals surface area contributed by atoms with Crippen molar-refractivity contribution in [3.63, 3.8) is 0 Å². The van der Waals surface area contributed by atoms with Gasteiger partial charge in [-0.15, -0.1) is 0 Å². The fraction of sp³-hybridized carbons (Fsp3) is 1.00. The monoisotopic (exact) mass is 257 g/mol. The molecule has 108 valence electrons. The fourth-order valence-electron chi connectivity index (χ4n) is 2.49. The minimum Gasteiger partial charge on any atom is -0.389 e. The molecule has 0 radical (unpaired) electrons. The van der Waals surface area contributed by atoms with Gasteiger partial charge in [0.25, 0.3) is 0 Å². The fourth-order valence-corrected chi connectivity index (χ4v) is 2.49. The maximum Gasteiger partial charge on any atom is 0.0718 e. The SMILES string of the molecule is CCN(CCCN1CCN(C)CC1)CC(C)(C)O. The molecule has 1 aliphatic rings. The second-order valence-corrected chi connectivity index (χ2v) is 6.18. The van der Waals surface area contributed by atoms with Crippen LogP contribution in [0.1, 0.15) is 27.2 Å². The number of likely N-dealkylation sites (N-methyl/N-ethyl adjacent to an activating group) is 2. The average Bonchev–Trinajstić information content (AvgIpc) is 2.29. The van der Waals surface area contributed by atoms with E-state index in [9.17, 15) is 5.11 Å². The Kier molecular flexibility index (Phi) is 6.57. The van der Waals surface area contributed by atoms with Gasteiger partial charge >= 0.3 is 0 Å². The summed E-state index contributed by atoms with van der Waals surface area (Å²) in [5.41, 5.74) is -0.580. The Morgan fingerprint density at radius 1 is 1.17 bits per heavy atom. The van der Waals surface area contributed by atoms with E-state index in [1.807, 2.05) is 13.8 Å². The highest BCUT2D eigenvalue weighted by molar-refractivity contribution is 4.73. The zero-order valence-electron chi connectivity index (χ0n) is 12.7. The van der Waals surface area contributed by atoms with Crippen LogP contribution in [0, 0.1) is 0 Å². The zero-order chi connectivity index (χ0) is 13.6. The second kappa shape index (κ2) is 7.43. The Balaban J connectivity index is 2.15. The van der Waals surface area contributed by atoms with Crippen LogP contribution in [0.5, 0.6) is 0 Å². The molecule has 1 aliphatic heterocycles. The highest BCUT2D eigenvalue weighted by Gasteiger charge is 2.17. The first-order valence-electron chi connectivity index (χ1n) is 7.26. The third kappa shape index (κ3) is 6.69. The molecule has 0 atom stereocenters. The van der Waals surface area contributed by atoms with Crippen molar-refractivity contribution < 1.29 is 5.11 Å². The van der Waals surface area contributed by atoms with E-state index in [0.717, 1.165) is 19.6 Å². The van der Waals surface area contributed by atoms with E-state index in [2.05, 4.69) is 28.7 Å². The molecule has 1 heterocycles. The van der Waals surface area contributed by atoms with E-state index in [4.69, 9.17) is 0 Å². The lowest BCUT2D eigenvalue weighted by atomic mass is 10.1. The Morgan fingerprint density at radius 3 is 2.28 bits per heavy atom. The van der Waals surface area contributed by atoms with Crippen molar-refractivity contribution in [3.8, 4) is 0 Å². The molecule has 1 N–H and O–H groups in total. The average molecular weight is 257 g/mol. The van der Waals surface area contributed by atoms with Gasteiger partial charge in [-0.1, -0.05) is 6.92 Å². The number of hydrogen-bond acceptors (Lipinski definition) is 4. The summed E-state index contributed by atoms with van der Waals surface area (Å²) in [6.07, 6.45) is 1.20. The van der Waals surface area contributed by atoms with E-state index >= 15 is 0 Å². The van der Waals surface area contributed by atoms with Gasteiger partial charge in [0.05, 0.1) is 5.60 Å². The first-order chi connectivity index (χ1) is 8.40. The Morgan fingerprint density at radius 2 is 1.78 bits per heavy atom. The van der Waals surface area contributed by atoms with Crippen molar-refractivity contribution in [2.24, 2.45) is 0 Å². The predicted octanol–water partition coefficient (Wildman–Crippen LogP) is 0.717. The van der Waals surface area contributed by atoms with Crippen molar-refractivity contribution >= 4 is 0 Å². The molecule has 0 spiro atoms. The van der Waals surface area contributed by atoms with Crippen LogP contribution in [-0.4, -0.2) is 84.8 Å². The van der Waals surface area contributed by atoms with Gasteiger partial charge in [-0.3, -0.25) is 0 Å². The third-order valence-electron chi connectivity index (χ3n) is 3.60. The number of hydrogen-bond donors (Lipinski definition) is 1. The Labute approximate surface area is 113 Å². The summed E-state index contributed by atoms with van der Waals surface area (Å²) in [7, 11) is 2.19. The lowest BCUT2D eigenvalue weighted by Crippen LogP contribution is -2.45. The molecule has 0 amide bonds. The van der Waals surface area contributed by atoms with E-state index in [1.54, 1.807) is 0 Å². The maximum atomic E-state index is 9.84. The molecule has 4 nitrogen and oxygen atoms in total. The van der Waals surface area contributed by atoms with Crippen LogP contribution in [0.4, 0.5) is 0 Å². The standard InChI is InChI=1S/C14H31N3O/c1-5-16(13-14(2,3)18)7-6-8-17-11-9-15(4)10-12-17/h18H,5-13H2,1-4H3.